The number of nitrogens with zero attached hydrogens (tertiary/aromatic N) is 3. The normalized spacial score (nSPS) is 27.8. The number of benzene rings is 1. The Labute approximate surface area is 201 Å². The topological polar surface area (TPSA) is 113 Å². The van der Waals surface area contributed by atoms with Gasteiger partial charge in [0.05, 0.1) is 24.6 Å². The van der Waals surface area contributed by atoms with Crippen molar-refractivity contribution < 1.29 is 19.4 Å². The second kappa shape index (κ2) is 7.69. The highest BCUT2D eigenvalue weighted by atomic mass is 16.5. The zero-order valence-corrected chi connectivity index (χ0v) is 20.5. The largest absolute Gasteiger partial charge is 0.504 e. The van der Waals surface area contributed by atoms with Crippen LogP contribution in [0.5, 0.6) is 11.5 Å². The van der Waals surface area contributed by atoms with Gasteiger partial charge in [-0.3, -0.25) is 9.59 Å². The van der Waals surface area contributed by atoms with Gasteiger partial charge >= 0.3 is 11.4 Å². The molecular weight excluding hydrogens is 450 g/mol. The summed E-state index contributed by atoms with van der Waals surface area (Å²) in [6.07, 6.45) is 2.08. The van der Waals surface area contributed by atoms with E-state index < -0.39 is 34.7 Å². The van der Waals surface area contributed by atoms with Gasteiger partial charge in [0.2, 0.25) is 0 Å². The number of carbonyl (C=O) groups is 2. The first kappa shape index (κ1) is 23.1. The number of ketones is 2. The lowest BCUT2D eigenvalue weighted by molar-refractivity contribution is -0.140. The van der Waals surface area contributed by atoms with Crippen molar-refractivity contribution in [1.29, 1.82) is 0 Å². The molecule has 1 aliphatic heterocycles. The lowest BCUT2D eigenvalue weighted by Gasteiger charge is -2.53. The Morgan fingerprint density at radius 1 is 1.11 bits per heavy atom. The first-order valence-electron chi connectivity index (χ1n) is 11.8. The van der Waals surface area contributed by atoms with Gasteiger partial charge in [-0.2, -0.15) is 0 Å². The van der Waals surface area contributed by atoms with Gasteiger partial charge in [0.25, 0.3) is 0 Å². The van der Waals surface area contributed by atoms with Crippen molar-refractivity contribution in [2.75, 3.05) is 6.61 Å². The maximum absolute atomic E-state index is 13.9. The number of phenolic OH excluding ortho intramolecular Hbond substituents is 1. The van der Waals surface area contributed by atoms with E-state index in [2.05, 4.69) is 0 Å². The Hall–Kier alpha value is -3.62. The molecule has 9 heteroatoms. The summed E-state index contributed by atoms with van der Waals surface area (Å²) in [6.45, 7) is 7.43. The van der Waals surface area contributed by atoms with Crippen molar-refractivity contribution >= 4 is 11.6 Å². The molecule has 0 saturated heterocycles. The fourth-order valence-corrected chi connectivity index (χ4v) is 6.34. The summed E-state index contributed by atoms with van der Waals surface area (Å²) in [4.78, 5) is 53.3. The molecule has 9 nitrogen and oxygen atoms in total. The highest BCUT2D eigenvalue weighted by molar-refractivity contribution is 6.15. The van der Waals surface area contributed by atoms with Crippen LogP contribution in [-0.2, 0) is 23.2 Å². The molecule has 1 fully saturated rings. The molecule has 1 saturated carbocycles. The standard InChI is InChI=1S/C26H29N3O6/c1-6-35-19-9-7-8-16(22(19)31)20-15-10-11-28-24(33)27(5)25(34)29(28)18(15)12-17-21(30)13(2)14(3)23(32)26(17,20)4/h7-10,17-18,20,31H,6,11-12H2,1-5H3/t17-,18+,20+,26+/m0/s1. The number of hydrogen-bond acceptors (Lipinski definition) is 6. The van der Waals surface area contributed by atoms with Gasteiger partial charge in [-0.05, 0) is 50.0 Å². The van der Waals surface area contributed by atoms with E-state index in [1.54, 1.807) is 39.0 Å². The number of hydrogen-bond donors (Lipinski definition) is 1. The average Bonchev–Trinajstić information content (AvgIpc) is 3.06. The molecule has 1 aromatic carbocycles. The molecule has 5 rings (SSSR count). The lowest BCUT2D eigenvalue weighted by Crippen LogP contribution is -2.55. The second-order valence-electron chi connectivity index (χ2n) is 9.85. The van der Waals surface area contributed by atoms with E-state index in [4.69, 9.17) is 4.74 Å². The third-order valence-corrected chi connectivity index (χ3v) is 8.27. The van der Waals surface area contributed by atoms with E-state index in [1.165, 1.54) is 16.4 Å². The number of ether oxygens (including phenoxy) is 1. The number of phenols is 1. The van der Waals surface area contributed by atoms with Crippen LogP contribution in [0.2, 0.25) is 0 Å². The van der Waals surface area contributed by atoms with Crippen LogP contribution in [0.15, 0.2) is 50.6 Å². The van der Waals surface area contributed by atoms with E-state index >= 15 is 0 Å². The monoisotopic (exact) mass is 479 g/mol. The molecule has 2 aromatic rings. The van der Waals surface area contributed by atoms with Crippen molar-refractivity contribution in [2.24, 2.45) is 18.4 Å². The van der Waals surface area contributed by atoms with Crippen LogP contribution in [-0.4, -0.2) is 37.2 Å². The molecule has 0 radical (unpaired) electrons. The minimum atomic E-state index is -1.17. The predicted molar refractivity (Wildman–Crippen MR) is 128 cm³/mol. The second-order valence-corrected chi connectivity index (χ2v) is 9.85. The van der Waals surface area contributed by atoms with Gasteiger partial charge in [0, 0.05) is 24.4 Å². The Bertz CT molecular complexity index is 1470. The summed E-state index contributed by atoms with van der Waals surface area (Å²) in [5.41, 5.74) is -0.0341. The van der Waals surface area contributed by atoms with E-state index in [0.717, 1.165) is 10.1 Å². The number of aromatic nitrogens is 3. The minimum absolute atomic E-state index is 0.0894. The molecule has 35 heavy (non-hydrogen) atoms. The fourth-order valence-electron chi connectivity index (χ4n) is 6.34. The Balaban J connectivity index is 1.82. The summed E-state index contributed by atoms with van der Waals surface area (Å²) in [6, 6.07) is 4.53. The SMILES string of the molecule is CCOc1cccc([C@H]2C3=CCn4c(=O)n(C)c(=O)n4[C@@H]3C[C@H]3C(=O)C(C)=C(C)C(=O)[C@@]23C)c1O. The van der Waals surface area contributed by atoms with Crippen LogP contribution >= 0.6 is 0 Å². The van der Waals surface area contributed by atoms with Gasteiger partial charge in [-0.15, -0.1) is 0 Å². The molecule has 1 N–H and O–H groups in total. The molecule has 3 aliphatic rings. The van der Waals surface area contributed by atoms with Crippen LogP contribution in [0.4, 0.5) is 0 Å². The molecular formula is C26H29N3O6. The van der Waals surface area contributed by atoms with E-state index in [9.17, 15) is 24.3 Å². The third-order valence-electron chi connectivity index (χ3n) is 8.27. The summed E-state index contributed by atoms with van der Waals surface area (Å²) in [5, 5.41) is 11.2. The maximum Gasteiger partial charge on any atom is 0.347 e. The van der Waals surface area contributed by atoms with Crippen LogP contribution < -0.4 is 16.1 Å². The predicted octanol–water partition coefficient (Wildman–Crippen LogP) is 2.23. The number of fused-ring (bicyclic) bond motifs is 4. The van der Waals surface area contributed by atoms with Crippen molar-refractivity contribution in [3.63, 3.8) is 0 Å². The minimum Gasteiger partial charge on any atom is -0.504 e. The van der Waals surface area contributed by atoms with Gasteiger partial charge in [-0.25, -0.2) is 23.5 Å². The maximum atomic E-state index is 13.9. The summed E-state index contributed by atoms with van der Waals surface area (Å²) in [7, 11) is 1.43. The fraction of sp³-hybridized carbons (Fsp3) is 0.462. The van der Waals surface area contributed by atoms with E-state index in [0.29, 0.717) is 23.3 Å². The van der Waals surface area contributed by atoms with E-state index in [-0.39, 0.29) is 36.0 Å². The number of aromatic hydroxyl groups is 1. The molecule has 0 bridgehead atoms. The number of rotatable bonds is 3. The molecule has 0 spiro atoms. The molecule has 4 atom stereocenters. The van der Waals surface area contributed by atoms with Gasteiger partial charge < -0.3 is 9.84 Å². The highest BCUT2D eigenvalue weighted by Crippen LogP contribution is 2.61. The number of Topliss-reactive ketones (excluding diaryl/α,β-unsaturated/α-hetero) is 2. The van der Waals surface area contributed by atoms with Crippen molar-refractivity contribution in [2.45, 2.75) is 52.6 Å². The Kier molecular flexibility index (Phi) is 5.09. The summed E-state index contributed by atoms with van der Waals surface area (Å²) >= 11 is 0. The first-order valence-corrected chi connectivity index (χ1v) is 11.8. The average molecular weight is 480 g/mol. The first-order chi connectivity index (χ1) is 16.5. The zero-order chi connectivity index (χ0) is 25.4. The smallest absolute Gasteiger partial charge is 0.347 e. The van der Waals surface area contributed by atoms with Gasteiger partial charge in [-0.1, -0.05) is 25.1 Å². The summed E-state index contributed by atoms with van der Waals surface area (Å²) < 4.78 is 9.45. The van der Waals surface area contributed by atoms with Crippen molar-refractivity contribution in [3.8, 4) is 11.5 Å². The molecule has 0 unspecified atom stereocenters. The lowest BCUT2D eigenvalue weighted by atomic mass is 9.50. The molecule has 0 amide bonds. The summed E-state index contributed by atoms with van der Waals surface area (Å²) in [5.74, 6) is -1.51. The van der Waals surface area contributed by atoms with Crippen molar-refractivity contribution in [1.82, 2.24) is 13.9 Å². The highest BCUT2D eigenvalue weighted by Gasteiger charge is 2.60. The molecule has 2 aliphatic carbocycles. The van der Waals surface area contributed by atoms with E-state index in [1.807, 2.05) is 13.0 Å². The third kappa shape index (κ3) is 2.87. The van der Waals surface area contributed by atoms with Crippen LogP contribution in [0.3, 0.4) is 0 Å². The zero-order valence-electron chi connectivity index (χ0n) is 20.5. The van der Waals surface area contributed by atoms with Crippen LogP contribution in [0.1, 0.15) is 51.6 Å². The molecule has 184 valence electrons. The number of carbonyl (C=O) groups excluding carboxylic acids is 2. The molecule has 2 heterocycles. The van der Waals surface area contributed by atoms with Crippen LogP contribution in [0, 0.1) is 11.3 Å². The van der Waals surface area contributed by atoms with Crippen molar-refractivity contribution in [3.05, 3.63) is 67.5 Å². The molecule has 1 aromatic heterocycles. The Morgan fingerprint density at radius 3 is 2.51 bits per heavy atom. The van der Waals surface area contributed by atoms with Gasteiger partial charge in [0.1, 0.15) is 0 Å². The van der Waals surface area contributed by atoms with Crippen LogP contribution in [0.25, 0.3) is 0 Å². The quantitative estimate of drug-likeness (QED) is 0.676. The van der Waals surface area contributed by atoms with Gasteiger partial charge in [0.15, 0.2) is 23.1 Å². The Morgan fingerprint density at radius 2 is 1.83 bits per heavy atom. The number of para-hydroxylation sites is 1. The number of allylic oxidation sites excluding steroid dienone is 4.